The summed E-state index contributed by atoms with van der Waals surface area (Å²) in [4.78, 5) is 29.4. The first kappa shape index (κ1) is 19.5. The minimum absolute atomic E-state index is 0.375. The summed E-state index contributed by atoms with van der Waals surface area (Å²) in [6.45, 7) is 5.66. The summed E-state index contributed by atoms with van der Waals surface area (Å²) >= 11 is 0. The minimum Gasteiger partial charge on any atom is -0.354 e. The third-order valence-electron chi connectivity index (χ3n) is 5.53. The van der Waals surface area contributed by atoms with Crippen LogP contribution in [-0.2, 0) is 0 Å². The third-order valence-corrected chi connectivity index (χ3v) is 5.53. The molecule has 0 N–H and O–H groups in total. The van der Waals surface area contributed by atoms with E-state index in [1.807, 2.05) is 6.07 Å². The molecule has 3 heterocycles. The average molecular weight is 402 g/mol. The van der Waals surface area contributed by atoms with Crippen LogP contribution in [0, 0.1) is 11.6 Å². The van der Waals surface area contributed by atoms with Crippen molar-refractivity contribution < 1.29 is 13.6 Å². The molecule has 2 saturated heterocycles. The van der Waals surface area contributed by atoms with Crippen LogP contribution in [-0.4, -0.2) is 85.1 Å². The van der Waals surface area contributed by atoms with E-state index in [0.29, 0.717) is 26.2 Å². The zero-order chi connectivity index (χ0) is 20.4. The van der Waals surface area contributed by atoms with Crippen LogP contribution in [0.2, 0.25) is 0 Å². The van der Waals surface area contributed by atoms with Crippen LogP contribution >= 0.6 is 0 Å². The second kappa shape index (κ2) is 8.28. The van der Waals surface area contributed by atoms with Gasteiger partial charge in [0.05, 0.1) is 0 Å². The minimum atomic E-state index is -0.829. The number of hydrogen-bond donors (Lipinski definition) is 0. The molecule has 0 spiro atoms. The second-order valence-corrected chi connectivity index (χ2v) is 7.40. The zero-order valence-corrected chi connectivity index (χ0v) is 16.4. The van der Waals surface area contributed by atoms with Gasteiger partial charge in [-0.25, -0.2) is 18.7 Å². The predicted molar refractivity (Wildman–Crippen MR) is 106 cm³/mol. The fourth-order valence-electron chi connectivity index (χ4n) is 3.72. The number of carbonyl (C=O) groups is 1. The first-order valence-electron chi connectivity index (χ1n) is 9.76. The van der Waals surface area contributed by atoms with Gasteiger partial charge in [0.25, 0.3) is 5.91 Å². The molecule has 1 aromatic carbocycles. The Morgan fingerprint density at radius 2 is 1.38 bits per heavy atom. The molecule has 7 nitrogen and oxygen atoms in total. The Kier molecular flexibility index (Phi) is 5.57. The van der Waals surface area contributed by atoms with E-state index in [2.05, 4.69) is 31.7 Å². The van der Waals surface area contributed by atoms with Crippen molar-refractivity contribution in [1.82, 2.24) is 19.8 Å². The first-order chi connectivity index (χ1) is 14.0. The Hall–Kier alpha value is -2.81. The number of halogens is 2. The fourth-order valence-corrected chi connectivity index (χ4v) is 3.72. The first-order valence-corrected chi connectivity index (χ1v) is 9.76. The number of benzene rings is 1. The number of hydrogen-bond acceptors (Lipinski definition) is 6. The van der Waals surface area contributed by atoms with Crippen molar-refractivity contribution in [2.75, 3.05) is 69.2 Å². The van der Waals surface area contributed by atoms with E-state index in [-0.39, 0.29) is 0 Å². The number of rotatable bonds is 3. The third kappa shape index (κ3) is 4.14. The van der Waals surface area contributed by atoms with Crippen LogP contribution in [0.5, 0.6) is 0 Å². The highest BCUT2D eigenvalue weighted by Crippen LogP contribution is 2.21. The maximum Gasteiger partial charge on any atom is 0.259 e. The molecule has 2 aromatic rings. The van der Waals surface area contributed by atoms with Gasteiger partial charge in [0.2, 0.25) is 0 Å². The summed E-state index contributed by atoms with van der Waals surface area (Å²) in [6.07, 6.45) is 1.56. The molecule has 0 saturated carbocycles. The van der Waals surface area contributed by atoms with Gasteiger partial charge in [0, 0.05) is 58.4 Å². The molecule has 1 aromatic heterocycles. The van der Waals surface area contributed by atoms with Crippen LogP contribution in [0.15, 0.2) is 30.6 Å². The number of amides is 1. The number of anilines is 2. The van der Waals surface area contributed by atoms with E-state index >= 15 is 0 Å². The van der Waals surface area contributed by atoms with Crippen molar-refractivity contribution >= 4 is 17.5 Å². The average Bonchev–Trinajstić information content (AvgIpc) is 2.74. The van der Waals surface area contributed by atoms with Crippen LogP contribution in [0.4, 0.5) is 20.4 Å². The number of carbonyl (C=O) groups excluding carboxylic acids is 1. The van der Waals surface area contributed by atoms with Gasteiger partial charge in [-0.3, -0.25) is 4.79 Å². The molecule has 2 aliphatic heterocycles. The smallest absolute Gasteiger partial charge is 0.259 e. The standard InChI is InChI=1S/C20H24F2N6O/c1-25-5-7-26(8-6-25)17-13-18(24-14-23-17)27-9-11-28(12-10-27)20(29)19-15(21)3-2-4-16(19)22/h2-4,13-14H,5-12H2,1H3. The molecule has 154 valence electrons. The van der Waals surface area contributed by atoms with Crippen molar-refractivity contribution in [2.45, 2.75) is 0 Å². The molecule has 4 rings (SSSR count). The Balaban J connectivity index is 1.41. The van der Waals surface area contributed by atoms with Crippen molar-refractivity contribution in [3.05, 3.63) is 47.8 Å². The van der Waals surface area contributed by atoms with Gasteiger partial charge in [-0.1, -0.05) is 6.07 Å². The molecule has 29 heavy (non-hydrogen) atoms. The topological polar surface area (TPSA) is 55.8 Å². The molecular weight excluding hydrogens is 378 g/mol. The Morgan fingerprint density at radius 3 is 1.93 bits per heavy atom. The quantitative estimate of drug-likeness (QED) is 0.775. The van der Waals surface area contributed by atoms with Gasteiger partial charge in [-0.05, 0) is 19.2 Å². The number of aromatic nitrogens is 2. The van der Waals surface area contributed by atoms with Crippen LogP contribution in [0.25, 0.3) is 0 Å². The summed E-state index contributed by atoms with van der Waals surface area (Å²) < 4.78 is 27.8. The SMILES string of the molecule is CN1CCN(c2cc(N3CCN(C(=O)c4c(F)cccc4F)CC3)ncn2)CC1. The summed E-state index contributed by atoms with van der Waals surface area (Å²) in [6, 6.07) is 5.44. The number of nitrogens with zero attached hydrogens (tertiary/aromatic N) is 6. The lowest BCUT2D eigenvalue weighted by Gasteiger charge is -2.36. The summed E-state index contributed by atoms with van der Waals surface area (Å²) in [5, 5.41) is 0. The zero-order valence-electron chi connectivity index (χ0n) is 16.4. The molecule has 0 bridgehead atoms. The maximum absolute atomic E-state index is 13.9. The van der Waals surface area contributed by atoms with Crippen LogP contribution in [0.3, 0.4) is 0 Å². The van der Waals surface area contributed by atoms with Gasteiger partial charge in [-0.15, -0.1) is 0 Å². The molecule has 2 fully saturated rings. The van der Waals surface area contributed by atoms with E-state index in [1.54, 1.807) is 6.33 Å². The number of piperazine rings is 2. The van der Waals surface area contributed by atoms with Gasteiger partial charge in [0.1, 0.15) is 35.2 Å². The highest BCUT2D eigenvalue weighted by Gasteiger charge is 2.27. The normalized spacial score (nSPS) is 18.2. The lowest BCUT2D eigenvalue weighted by atomic mass is 10.1. The largest absolute Gasteiger partial charge is 0.354 e. The number of likely N-dealkylation sites (N-methyl/N-ethyl adjacent to an activating group) is 1. The van der Waals surface area contributed by atoms with Gasteiger partial charge >= 0.3 is 0 Å². The van der Waals surface area contributed by atoms with E-state index in [9.17, 15) is 13.6 Å². The summed E-state index contributed by atoms with van der Waals surface area (Å²) in [5.41, 5.74) is -0.486. The molecule has 0 aliphatic carbocycles. The van der Waals surface area contributed by atoms with Crippen LogP contribution in [0.1, 0.15) is 10.4 Å². The van der Waals surface area contributed by atoms with Gasteiger partial charge in [-0.2, -0.15) is 0 Å². The van der Waals surface area contributed by atoms with E-state index in [4.69, 9.17) is 0 Å². The molecule has 0 radical (unpaired) electrons. The van der Waals surface area contributed by atoms with Gasteiger partial charge in [0.15, 0.2) is 0 Å². The monoisotopic (exact) mass is 402 g/mol. The molecule has 1 amide bonds. The lowest BCUT2D eigenvalue weighted by molar-refractivity contribution is 0.0736. The molecule has 0 unspecified atom stereocenters. The lowest BCUT2D eigenvalue weighted by Crippen LogP contribution is -2.49. The predicted octanol–water partition coefficient (Wildman–Crippen LogP) is 1.47. The molecule has 2 aliphatic rings. The Morgan fingerprint density at radius 1 is 0.862 bits per heavy atom. The van der Waals surface area contributed by atoms with E-state index in [1.165, 1.54) is 11.0 Å². The highest BCUT2D eigenvalue weighted by atomic mass is 19.1. The summed E-state index contributed by atoms with van der Waals surface area (Å²) in [5.74, 6) is -0.565. The van der Waals surface area contributed by atoms with E-state index in [0.717, 1.165) is 49.9 Å². The summed E-state index contributed by atoms with van der Waals surface area (Å²) in [7, 11) is 2.11. The Bertz CT molecular complexity index is 859. The Labute approximate surface area is 168 Å². The van der Waals surface area contributed by atoms with Gasteiger partial charge < -0.3 is 19.6 Å². The highest BCUT2D eigenvalue weighted by molar-refractivity contribution is 5.95. The van der Waals surface area contributed by atoms with Crippen LogP contribution < -0.4 is 9.80 Å². The van der Waals surface area contributed by atoms with Crippen molar-refractivity contribution in [3.63, 3.8) is 0 Å². The van der Waals surface area contributed by atoms with Crippen molar-refractivity contribution in [2.24, 2.45) is 0 Å². The maximum atomic E-state index is 13.9. The molecular formula is C20H24F2N6O. The molecule has 9 heteroatoms. The fraction of sp³-hybridized carbons (Fsp3) is 0.450. The molecule has 0 atom stereocenters. The second-order valence-electron chi connectivity index (χ2n) is 7.40. The van der Waals surface area contributed by atoms with Crippen molar-refractivity contribution in [3.8, 4) is 0 Å². The van der Waals surface area contributed by atoms with Crippen molar-refractivity contribution in [1.29, 1.82) is 0 Å². The van der Waals surface area contributed by atoms with E-state index < -0.39 is 23.1 Å².